The Bertz CT molecular complexity index is 839. The van der Waals surface area contributed by atoms with E-state index in [1.165, 1.54) is 0 Å². The lowest BCUT2D eigenvalue weighted by Gasteiger charge is -2.20. The van der Waals surface area contributed by atoms with Crippen molar-refractivity contribution in [2.45, 2.75) is 19.3 Å². The molecule has 3 aromatic rings. The number of aromatic nitrogens is 2. The van der Waals surface area contributed by atoms with E-state index < -0.39 is 0 Å². The fourth-order valence-electron chi connectivity index (χ4n) is 2.61. The summed E-state index contributed by atoms with van der Waals surface area (Å²) in [6, 6.07) is 13.0. The van der Waals surface area contributed by atoms with Gasteiger partial charge in [-0.2, -0.15) is 0 Å². The van der Waals surface area contributed by atoms with Crippen LogP contribution in [0.2, 0.25) is 15.1 Å². The second kappa shape index (κ2) is 10.1. The molecule has 0 amide bonds. The van der Waals surface area contributed by atoms with E-state index in [0.717, 1.165) is 11.1 Å². The quantitative estimate of drug-likeness (QED) is 0.405. The Morgan fingerprint density at radius 1 is 0.963 bits per heavy atom. The highest BCUT2D eigenvalue weighted by molar-refractivity contribution is 6.35. The number of nitrogens with zero attached hydrogens (tertiary/aromatic N) is 2. The van der Waals surface area contributed by atoms with Crippen LogP contribution in [0.4, 0.5) is 0 Å². The summed E-state index contributed by atoms with van der Waals surface area (Å²) in [7, 11) is 0. The van der Waals surface area contributed by atoms with Crippen LogP contribution in [-0.4, -0.2) is 22.8 Å². The summed E-state index contributed by atoms with van der Waals surface area (Å²) in [6.07, 6.45) is 5.13. The zero-order valence-electron chi connectivity index (χ0n) is 14.5. The van der Waals surface area contributed by atoms with Crippen molar-refractivity contribution in [2.24, 2.45) is 0 Å². The van der Waals surface area contributed by atoms with Gasteiger partial charge in [-0.15, -0.1) is 0 Å². The van der Waals surface area contributed by atoms with Gasteiger partial charge in [0.15, 0.2) is 0 Å². The summed E-state index contributed by atoms with van der Waals surface area (Å²) in [5.41, 5.74) is 1.95. The van der Waals surface area contributed by atoms with Gasteiger partial charge in [0, 0.05) is 33.0 Å². The van der Waals surface area contributed by atoms with Gasteiger partial charge >= 0.3 is 0 Å². The van der Waals surface area contributed by atoms with Crippen molar-refractivity contribution in [2.75, 3.05) is 13.2 Å². The molecule has 0 aliphatic heterocycles. The topological polar surface area (TPSA) is 36.3 Å². The molecule has 2 aromatic carbocycles. The molecule has 0 radical (unpaired) electrons. The second-order valence-electron chi connectivity index (χ2n) is 5.96. The lowest BCUT2D eigenvalue weighted by atomic mass is 10.1. The SMILES string of the molecule is Clc1ccc(COCCOC(Cn2ccnc2)c2ccc(Cl)cc2Cl)cc1. The molecule has 0 bridgehead atoms. The number of benzene rings is 2. The van der Waals surface area contributed by atoms with Crippen LogP contribution in [0.25, 0.3) is 0 Å². The van der Waals surface area contributed by atoms with Crippen molar-refractivity contribution in [3.8, 4) is 0 Å². The molecule has 0 aliphatic carbocycles. The number of hydrogen-bond donors (Lipinski definition) is 0. The molecule has 27 heavy (non-hydrogen) atoms. The zero-order valence-corrected chi connectivity index (χ0v) is 16.8. The van der Waals surface area contributed by atoms with Crippen LogP contribution in [0.3, 0.4) is 0 Å². The van der Waals surface area contributed by atoms with E-state index in [0.29, 0.717) is 41.4 Å². The van der Waals surface area contributed by atoms with Gasteiger partial charge in [-0.25, -0.2) is 4.98 Å². The largest absolute Gasteiger partial charge is 0.374 e. The number of rotatable bonds is 9. The van der Waals surface area contributed by atoms with Gasteiger partial charge in [-0.3, -0.25) is 0 Å². The summed E-state index contributed by atoms with van der Waals surface area (Å²) in [5.74, 6) is 0. The number of halogens is 3. The van der Waals surface area contributed by atoms with Crippen molar-refractivity contribution in [3.05, 3.63) is 87.4 Å². The predicted molar refractivity (Wildman–Crippen MR) is 108 cm³/mol. The van der Waals surface area contributed by atoms with Crippen LogP contribution in [0.15, 0.2) is 61.2 Å². The summed E-state index contributed by atoms with van der Waals surface area (Å²) in [6.45, 7) is 2.01. The smallest absolute Gasteiger partial charge is 0.102 e. The second-order valence-corrected chi connectivity index (χ2v) is 7.24. The molecule has 0 N–H and O–H groups in total. The maximum atomic E-state index is 6.37. The van der Waals surface area contributed by atoms with Gasteiger partial charge in [0.25, 0.3) is 0 Å². The molecule has 3 rings (SSSR count). The van der Waals surface area contributed by atoms with Crippen molar-refractivity contribution >= 4 is 34.8 Å². The molecule has 7 heteroatoms. The third-order valence-corrected chi connectivity index (χ3v) is 4.79. The standard InChI is InChI=1S/C20H19Cl3N2O2/c21-16-3-1-15(2-4-16)13-26-9-10-27-20(12-25-8-7-24-14-25)18-6-5-17(22)11-19(18)23/h1-8,11,14,20H,9-10,12-13H2. The first-order valence-corrected chi connectivity index (χ1v) is 9.59. The van der Waals surface area contributed by atoms with Crippen molar-refractivity contribution in [1.29, 1.82) is 0 Å². The van der Waals surface area contributed by atoms with Crippen molar-refractivity contribution in [1.82, 2.24) is 9.55 Å². The third kappa shape index (κ3) is 6.23. The number of ether oxygens (including phenoxy) is 2. The lowest BCUT2D eigenvalue weighted by Crippen LogP contribution is -2.15. The lowest BCUT2D eigenvalue weighted by molar-refractivity contribution is -0.00751. The Morgan fingerprint density at radius 3 is 2.44 bits per heavy atom. The van der Waals surface area contributed by atoms with Crippen molar-refractivity contribution < 1.29 is 9.47 Å². The monoisotopic (exact) mass is 424 g/mol. The molecule has 1 aromatic heterocycles. The Kier molecular flexibility index (Phi) is 7.56. The molecular formula is C20H19Cl3N2O2. The zero-order chi connectivity index (χ0) is 19.1. The van der Waals surface area contributed by atoms with Crippen LogP contribution in [-0.2, 0) is 22.6 Å². The summed E-state index contributed by atoms with van der Waals surface area (Å²) in [4.78, 5) is 4.07. The van der Waals surface area contributed by atoms with E-state index in [1.807, 2.05) is 47.2 Å². The molecule has 4 nitrogen and oxygen atoms in total. The Labute approximate surface area is 173 Å². The average molecular weight is 426 g/mol. The highest BCUT2D eigenvalue weighted by Crippen LogP contribution is 2.29. The molecule has 0 aliphatic rings. The minimum Gasteiger partial charge on any atom is -0.374 e. The van der Waals surface area contributed by atoms with E-state index in [9.17, 15) is 0 Å². The van der Waals surface area contributed by atoms with Gasteiger partial charge in [0.1, 0.15) is 6.10 Å². The summed E-state index contributed by atoms with van der Waals surface area (Å²) >= 11 is 18.3. The predicted octanol–water partition coefficient (Wildman–Crippen LogP) is 5.82. The molecule has 0 saturated heterocycles. The molecule has 0 spiro atoms. The minimum atomic E-state index is -0.233. The fraction of sp³-hybridized carbons (Fsp3) is 0.250. The maximum absolute atomic E-state index is 6.37. The van der Waals surface area contributed by atoms with E-state index in [4.69, 9.17) is 44.3 Å². The van der Waals surface area contributed by atoms with Crippen LogP contribution in [0.1, 0.15) is 17.2 Å². The Hall–Kier alpha value is -1.56. The van der Waals surface area contributed by atoms with Gasteiger partial charge in [-0.1, -0.05) is 53.0 Å². The van der Waals surface area contributed by atoms with Gasteiger partial charge in [-0.05, 0) is 29.8 Å². The van der Waals surface area contributed by atoms with E-state index in [1.54, 1.807) is 18.6 Å². The summed E-state index contributed by atoms with van der Waals surface area (Å²) in [5, 5.41) is 1.88. The van der Waals surface area contributed by atoms with E-state index in [-0.39, 0.29) is 6.10 Å². The van der Waals surface area contributed by atoms with Crippen LogP contribution in [0, 0.1) is 0 Å². The Balaban J connectivity index is 1.55. The van der Waals surface area contributed by atoms with Crippen LogP contribution in [0.5, 0.6) is 0 Å². The molecule has 0 saturated carbocycles. The average Bonchev–Trinajstić information content (AvgIpc) is 3.15. The van der Waals surface area contributed by atoms with Crippen LogP contribution >= 0.6 is 34.8 Å². The van der Waals surface area contributed by atoms with Gasteiger partial charge in [0.05, 0.1) is 32.7 Å². The Morgan fingerprint density at radius 2 is 1.74 bits per heavy atom. The third-order valence-electron chi connectivity index (χ3n) is 3.97. The molecule has 142 valence electrons. The molecule has 1 unspecified atom stereocenters. The first kappa shape index (κ1) is 20.2. The van der Waals surface area contributed by atoms with Crippen molar-refractivity contribution in [3.63, 3.8) is 0 Å². The van der Waals surface area contributed by atoms with Crippen LogP contribution < -0.4 is 0 Å². The minimum absolute atomic E-state index is 0.233. The first-order chi connectivity index (χ1) is 13.1. The summed E-state index contributed by atoms with van der Waals surface area (Å²) < 4.78 is 13.7. The van der Waals surface area contributed by atoms with E-state index in [2.05, 4.69) is 4.98 Å². The first-order valence-electron chi connectivity index (χ1n) is 8.46. The normalized spacial score (nSPS) is 12.3. The highest BCUT2D eigenvalue weighted by Gasteiger charge is 2.16. The maximum Gasteiger partial charge on any atom is 0.102 e. The van der Waals surface area contributed by atoms with Gasteiger partial charge < -0.3 is 14.0 Å². The van der Waals surface area contributed by atoms with E-state index >= 15 is 0 Å². The number of hydrogen-bond acceptors (Lipinski definition) is 3. The molecule has 1 atom stereocenters. The highest BCUT2D eigenvalue weighted by atomic mass is 35.5. The number of imidazole rings is 1. The molecular weight excluding hydrogens is 407 g/mol. The fourth-order valence-corrected chi connectivity index (χ4v) is 3.27. The van der Waals surface area contributed by atoms with Gasteiger partial charge in [0.2, 0.25) is 0 Å². The molecule has 1 heterocycles. The molecule has 0 fully saturated rings.